The van der Waals surface area contributed by atoms with E-state index in [0.29, 0.717) is 17.7 Å². The van der Waals surface area contributed by atoms with Crippen LogP contribution in [-0.2, 0) is 9.53 Å². The molecule has 0 aromatic heterocycles. The molecule has 1 unspecified atom stereocenters. The first-order valence-corrected chi connectivity index (χ1v) is 8.38. The maximum atomic E-state index is 12.4. The van der Waals surface area contributed by atoms with Crippen molar-refractivity contribution in [2.24, 2.45) is 5.41 Å². The van der Waals surface area contributed by atoms with Gasteiger partial charge >= 0.3 is 0 Å². The van der Waals surface area contributed by atoms with Gasteiger partial charge < -0.3 is 15.0 Å². The molecule has 4 nitrogen and oxygen atoms in total. The Balaban J connectivity index is 0.00000161. The van der Waals surface area contributed by atoms with Crippen LogP contribution in [0, 0.1) is 5.41 Å². The van der Waals surface area contributed by atoms with Crippen LogP contribution in [0.3, 0.4) is 0 Å². The zero-order valence-corrected chi connectivity index (χ0v) is 13.8. The van der Waals surface area contributed by atoms with Crippen molar-refractivity contribution in [1.82, 2.24) is 10.2 Å². The molecule has 1 spiro atoms. The molecular weight excluding hydrogens is 288 g/mol. The molecule has 1 amide bonds. The van der Waals surface area contributed by atoms with Crippen molar-refractivity contribution in [3.05, 3.63) is 0 Å². The number of hydrogen-bond donors (Lipinski definition) is 1. The molecule has 21 heavy (non-hydrogen) atoms. The fraction of sp³-hybridized carbons (Fsp3) is 0.938. The second-order valence-corrected chi connectivity index (χ2v) is 6.84. The minimum absolute atomic E-state index is 0. The highest BCUT2D eigenvalue weighted by Gasteiger charge is 2.36. The van der Waals surface area contributed by atoms with Gasteiger partial charge in [0.15, 0.2) is 0 Å². The number of ether oxygens (including phenoxy) is 1. The van der Waals surface area contributed by atoms with Gasteiger partial charge in [-0.05, 0) is 31.1 Å². The standard InChI is InChI=1S/C16H28N2O2.ClH/c19-15(12-14-13-17-8-11-20-14)18-9-6-16(7-10-18)4-2-1-3-5-16;/h14,17H,1-13H2;1H. The van der Waals surface area contributed by atoms with E-state index in [-0.39, 0.29) is 18.5 Å². The van der Waals surface area contributed by atoms with Gasteiger partial charge in [0.05, 0.1) is 19.1 Å². The Morgan fingerprint density at radius 1 is 1.14 bits per heavy atom. The first-order valence-electron chi connectivity index (χ1n) is 8.38. The van der Waals surface area contributed by atoms with Crippen LogP contribution in [0.2, 0.25) is 0 Å². The second kappa shape index (κ2) is 7.80. The number of nitrogens with zero attached hydrogens (tertiary/aromatic N) is 1. The first-order chi connectivity index (χ1) is 9.77. The lowest BCUT2D eigenvalue weighted by molar-refractivity contribution is -0.137. The number of carbonyl (C=O) groups excluding carboxylic acids is 1. The summed E-state index contributed by atoms with van der Waals surface area (Å²) in [6.45, 7) is 4.42. The summed E-state index contributed by atoms with van der Waals surface area (Å²) in [5.41, 5.74) is 0.581. The zero-order chi connectivity index (χ0) is 13.8. The molecule has 0 radical (unpaired) electrons. The van der Waals surface area contributed by atoms with Crippen molar-refractivity contribution < 1.29 is 9.53 Å². The van der Waals surface area contributed by atoms with E-state index >= 15 is 0 Å². The Morgan fingerprint density at radius 3 is 2.48 bits per heavy atom. The summed E-state index contributed by atoms with van der Waals surface area (Å²) >= 11 is 0. The summed E-state index contributed by atoms with van der Waals surface area (Å²) in [7, 11) is 0. The third kappa shape index (κ3) is 4.33. The molecule has 3 fully saturated rings. The molecule has 122 valence electrons. The molecule has 0 aromatic carbocycles. The number of piperidine rings is 1. The van der Waals surface area contributed by atoms with E-state index in [0.717, 1.165) is 32.8 Å². The summed E-state index contributed by atoms with van der Waals surface area (Å²) in [5, 5.41) is 3.29. The molecule has 1 atom stereocenters. The van der Waals surface area contributed by atoms with Crippen molar-refractivity contribution in [1.29, 1.82) is 0 Å². The van der Waals surface area contributed by atoms with Gasteiger partial charge in [0.1, 0.15) is 0 Å². The van der Waals surface area contributed by atoms with Crippen molar-refractivity contribution in [3.63, 3.8) is 0 Å². The van der Waals surface area contributed by atoms with Crippen molar-refractivity contribution in [2.75, 3.05) is 32.8 Å². The van der Waals surface area contributed by atoms with Crippen LogP contribution in [0.15, 0.2) is 0 Å². The van der Waals surface area contributed by atoms with Crippen LogP contribution < -0.4 is 5.32 Å². The molecule has 3 aliphatic rings. The highest BCUT2D eigenvalue weighted by molar-refractivity contribution is 5.85. The van der Waals surface area contributed by atoms with Crippen molar-refractivity contribution in [3.8, 4) is 0 Å². The third-order valence-electron chi connectivity index (χ3n) is 5.50. The minimum atomic E-state index is 0. The average Bonchev–Trinajstić information content (AvgIpc) is 2.50. The molecule has 1 saturated carbocycles. The maximum Gasteiger partial charge on any atom is 0.225 e. The van der Waals surface area contributed by atoms with E-state index < -0.39 is 0 Å². The van der Waals surface area contributed by atoms with Gasteiger partial charge in [0, 0.05) is 26.2 Å². The molecule has 0 bridgehead atoms. The highest BCUT2D eigenvalue weighted by atomic mass is 35.5. The SMILES string of the molecule is Cl.O=C(CC1CNCCO1)N1CCC2(CCCCC2)CC1. The van der Waals surface area contributed by atoms with Gasteiger partial charge in [-0.15, -0.1) is 12.4 Å². The molecule has 1 aliphatic carbocycles. The predicted molar refractivity (Wildman–Crippen MR) is 85.8 cm³/mol. The quantitative estimate of drug-likeness (QED) is 0.850. The second-order valence-electron chi connectivity index (χ2n) is 6.84. The highest BCUT2D eigenvalue weighted by Crippen LogP contribution is 2.44. The summed E-state index contributed by atoms with van der Waals surface area (Å²) in [6, 6.07) is 0. The molecule has 3 rings (SSSR count). The Hall–Kier alpha value is -0.320. The summed E-state index contributed by atoms with van der Waals surface area (Å²) in [5.74, 6) is 0.296. The van der Waals surface area contributed by atoms with E-state index in [9.17, 15) is 4.79 Å². The number of likely N-dealkylation sites (tertiary alicyclic amines) is 1. The Bertz CT molecular complexity index is 329. The van der Waals surface area contributed by atoms with E-state index in [2.05, 4.69) is 10.2 Å². The van der Waals surface area contributed by atoms with Gasteiger partial charge in [0.2, 0.25) is 5.91 Å². The molecule has 2 saturated heterocycles. The number of morpholine rings is 1. The van der Waals surface area contributed by atoms with E-state index in [1.54, 1.807) is 0 Å². The monoisotopic (exact) mass is 316 g/mol. The molecule has 2 aliphatic heterocycles. The number of carbonyl (C=O) groups is 1. The Labute approximate surface area is 134 Å². The smallest absolute Gasteiger partial charge is 0.225 e. The molecule has 0 aromatic rings. The molecular formula is C16H29ClN2O2. The normalized spacial score (nSPS) is 29.0. The van der Waals surface area contributed by atoms with E-state index in [1.165, 1.54) is 44.9 Å². The summed E-state index contributed by atoms with van der Waals surface area (Å²) in [4.78, 5) is 14.4. The first kappa shape index (κ1) is 17.0. The van der Waals surface area contributed by atoms with Gasteiger partial charge in [0.25, 0.3) is 0 Å². The third-order valence-corrected chi connectivity index (χ3v) is 5.50. The van der Waals surface area contributed by atoms with Crippen LogP contribution in [0.25, 0.3) is 0 Å². The number of halogens is 1. The van der Waals surface area contributed by atoms with Crippen LogP contribution in [-0.4, -0.2) is 49.7 Å². The average molecular weight is 317 g/mol. The lowest BCUT2D eigenvalue weighted by Crippen LogP contribution is -2.46. The summed E-state index contributed by atoms with van der Waals surface area (Å²) in [6.07, 6.45) is 10.1. The maximum absolute atomic E-state index is 12.4. The van der Waals surface area contributed by atoms with Gasteiger partial charge in [-0.3, -0.25) is 4.79 Å². The number of hydrogen-bond acceptors (Lipinski definition) is 3. The lowest BCUT2D eigenvalue weighted by atomic mass is 9.68. The number of rotatable bonds is 2. The number of nitrogens with one attached hydrogen (secondary N) is 1. The fourth-order valence-electron chi connectivity index (χ4n) is 4.11. The van der Waals surface area contributed by atoms with Crippen LogP contribution in [0.5, 0.6) is 0 Å². The van der Waals surface area contributed by atoms with Crippen molar-refractivity contribution in [2.45, 2.75) is 57.5 Å². The van der Waals surface area contributed by atoms with E-state index in [1.807, 2.05) is 0 Å². The van der Waals surface area contributed by atoms with Gasteiger partial charge in [-0.25, -0.2) is 0 Å². The lowest BCUT2D eigenvalue weighted by Gasteiger charge is -2.44. The van der Waals surface area contributed by atoms with Crippen LogP contribution in [0.1, 0.15) is 51.4 Å². The minimum Gasteiger partial charge on any atom is -0.375 e. The van der Waals surface area contributed by atoms with Crippen molar-refractivity contribution >= 4 is 18.3 Å². The number of amides is 1. The fourth-order valence-corrected chi connectivity index (χ4v) is 4.11. The van der Waals surface area contributed by atoms with Crippen LogP contribution >= 0.6 is 12.4 Å². The van der Waals surface area contributed by atoms with Gasteiger partial charge in [-0.1, -0.05) is 19.3 Å². The molecule has 2 heterocycles. The largest absolute Gasteiger partial charge is 0.375 e. The van der Waals surface area contributed by atoms with Gasteiger partial charge in [-0.2, -0.15) is 0 Å². The Kier molecular flexibility index (Phi) is 6.33. The van der Waals surface area contributed by atoms with Crippen LogP contribution in [0.4, 0.5) is 0 Å². The Morgan fingerprint density at radius 2 is 1.86 bits per heavy atom. The topological polar surface area (TPSA) is 41.6 Å². The molecule has 5 heteroatoms. The molecule has 1 N–H and O–H groups in total. The van der Waals surface area contributed by atoms with E-state index in [4.69, 9.17) is 4.74 Å². The zero-order valence-electron chi connectivity index (χ0n) is 12.9. The predicted octanol–water partition coefficient (Wildman–Crippen LogP) is 2.36. The summed E-state index contributed by atoms with van der Waals surface area (Å²) < 4.78 is 5.64.